The fraction of sp³-hybridized carbons (Fsp3) is 0.360. The summed E-state index contributed by atoms with van der Waals surface area (Å²) in [5, 5.41) is 3.39. The molecule has 0 atom stereocenters. The van der Waals surface area contributed by atoms with Crippen LogP contribution in [0.2, 0.25) is 0 Å². The van der Waals surface area contributed by atoms with Gasteiger partial charge in [0.2, 0.25) is 0 Å². The third-order valence-corrected chi connectivity index (χ3v) is 5.29. The van der Waals surface area contributed by atoms with Crippen LogP contribution < -0.4 is 10.1 Å². The summed E-state index contributed by atoms with van der Waals surface area (Å²) in [5.74, 6) is 1.69. The number of morpholine rings is 1. The average molecular weight is 419 g/mol. The fourth-order valence-electron chi connectivity index (χ4n) is 3.58. The normalized spacial score (nSPS) is 14.3. The van der Waals surface area contributed by atoms with Crippen LogP contribution in [0.4, 0.5) is 5.69 Å². The molecule has 1 fully saturated rings. The van der Waals surface area contributed by atoms with Crippen LogP contribution in [0.5, 0.6) is 5.75 Å². The maximum absolute atomic E-state index is 5.88. The van der Waals surface area contributed by atoms with Crippen molar-refractivity contribution >= 4 is 5.69 Å². The zero-order valence-corrected chi connectivity index (χ0v) is 17.9. The van der Waals surface area contributed by atoms with Crippen molar-refractivity contribution in [2.24, 2.45) is 0 Å². The molecule has 0 radical (unpaired) electrons. The molecule has 0 spiro atoms. The number of aromatic nitrogens is 2. The van der Waals surface area contributed by atoms with E-state index in [0.29, 0.717) is 6.54 Å². The van der Waals surface area contributed by atoms with Crippen molar-refractivity contribution in [2.45, 2.75) is 19.4 Å². The van der Waals surface area contributed by atoms with Crippen molar-refractivity contribution in [3.05, 3.63) is 83.9 Å². The summed E-state index contributed by atoms with van der Waals surface area (Å²) in [6.07, 6.45) is 3.67. The van der Waals surface area contributed by atoms with E-state index in [9.17, 15) is 0 Å². The summed E-state index contributed by atoms with van der Waals surface area (Å²) < 4.78 is 11.3. The lowest BCUT2D eigenvalue weighted by molar-refractivity contribution is 0.0358. The Hall–Kier alpha value is -2.96. The molecule has 1 N–H and O–H groups in total. The second-order valence-electron chi connectivity index (χ2n) is 7.66. The fourth-order valence-corrected chi connectivity index (χ4v) is 3.58. The van der Waals surface area contributed by atoms with E-state index in [2.05, 4.69) is 44.5 Å². The zero-order valence-electron chi connectivity index (χ0n) is 17.9. The van der Waals surface area contributed by atoms with Gasteiger partial charge in [0.1, 0.15) is 11.6 Å². The van der Waals surface area contributed by atoms with Crippen molar-refractivity contribution in [2.75, 3.05) is 44.8 Å². The second kappa shape index (κ2) is 11.4. The molecule has 6 heteroatoms. The van der Waals surface area contributed by atoms with Crippen LogP contribution >= 0.6 is 0 Å². The Morgan fingerprint density at radius 2 is 1.77 bits per heavy atom. The van der Waals surface area contributed by atoms with E-state index in [1.54, 1.807) is 0 Å². The van der Waals surface area contributed by atoms with E-state index in [1.807, 2.05) is 42.6 Å². The molecule has 3 aromatic rings. The van der Waals surface area contributed by atoms with Gasteiger partial charge in [-0.15, -0.1) is 0 Å². The Balaban J connectivity index is 1.20. The second-order valence-corrected chi connectivity index (χ2v) is 7.66. The molecule has 0 amide bonds. The van der Waals surface area contributed by atoms with Gasteiger partial charge in [0, 0.05) is 43.6 Å². The van der Waals surface area contributed by atoms with Crippen molar-refractivity contribution in [3.63, 3.8) is 0 Å². The minimum absolute atomic E-state index is 0.586. The largest absolute Gasteiger partial charge is 0.494 e. The van der Waals surface area contributed by atoms with Gasteiger partial charge in [0.15, 0.2) is 0 Å². The number of ether oxygens (including phenoxy) is 2. The highest BCUT2D eigenvalue weighted by molar-refractivity contribution is 5.46. The Kier molecular flexibility index (Phi) is 7.85. The van der Waals surface area contributed by atoms with Gasteiger partial charge in [-0.05, 0) is 42.3 Å². The predicted octanol–water partition coefficient (Wildman–Crippen LogP) is 3.78. The lowest BCUT2D eigenvalue weighted by atomic mass is 10.1. The van der Waals surface area contributed by atoms with E-state index >= 15 is 0 Å². The van der Waals surface area contributed by atoms with Crippen LogP contribution in [0, 0.1) is 0 Å². The van der Waals surface area contributed by atoms with Crippen LogP contribution in [0.1, 0.15) is 23.5 Å². The molecule has 31 heavy (non-hydrogen) atoms. The van der Waals surface area contributed by atoms with Crippen LogP contribution in [0.25, 0.3) is 0 Å². The maximum Gasteiger partial charge on any atom is 0.147 e. The quantitative estimate of drug-likeness (QED) is 0.506. The summed E-state index contributed by atoms with van der Waals surface area (Å²) in [6.45, 7) is 6.12. The molecule has 1 aliphatic heterocycles. The molecular weight excluding hydrogens is 388 g/mol. The minimum Gasteiger partial charge on any atom is -0.494 e. The van der Waals surface area contributed by atoms with E-state index < -0.39 is 0 Å². The molecule has 4 rings (SSSR count). The number of rotatable bonds is 10. The van der Waals surface area contributed by atoms with Gasteiger partial charge in [0.05, 0.1) is 26.4 Å². The summed E-state index contributed by atoms with van der Waals surface area (Å²) in [4.78, 5) is 11.5. The first-order valence-electron chi connectivity index (χ1n) is 11.0. The minimum atomic E-state index is 0.586. The number of benzene rings is 2. The van der Waals surface area contributed by atoms with Gasteiger partial charge in [-0.25, -0.2) is 9.97 Å². The van der Waals surface area contributed by atoms with Crippen molar-refractivity contribution in [3.8, 4) is 5.75 Å². The first kappa shape index (κ1) is 21.3. The van der Waals surface area contributed by atoms with E-state index in [4.69, 9.17) is 9.47 Å². The van der Waals surface area contributed by atoms with Crippen LogP contribution in [0.3, 0.4) is 0 Å². The SMILES string of the molecule is c1ccc(Cc2ccnc(CNc3ccc(OCCCN4CCOCC4)cc3)n2)cc1. The van der Waals surface area contributed by atoms with Crippen LogP contribution in [-0.2, 0) is 17.7 Å². The predicted molar refractivity (Wildman–Crippen MR) is 122 cm³/mol. The topological polar surface area (TPSA) is 59.5 Å². The van der Waals surface area contributed by atoms with Crippen molar-refractivity contribution in [1.29, 1.82) is 0 Å². The molecule has 1 saturated heterocycles. The standard InChI is InChI=1S/C25H30N4O2/c1-2-5-21(6-3-1)19-23-11-12-26-25(28-23)20-27-22-7-9-24(10-8-22)31-16-4-13-29-14-17-30-18-15-29/h1-3,5-12,27H,4,13-20H2. The lowest BCUT2D eigenvalue weighted by Gasteiger charge is -2.26. The monoisotopic (exact) mass is 418 g/mol. The highest BCUT2D eigenvalue weighted by atomic mass is 16.5. The Morgan fingerprint density at radius 1 is 0.968 bits per heavy atom. The van der Waals surface area contributed by atoms with Gasteiger partial charge in [-0.2, -0.15) is 0 Å². The zero-order chi connectivity index (χ0) is 21.1. The van der Waals surface area contributed by atoms with Gasteiger partial charge in [-0.3, -0.25) is 4.90 Å². The summed E-state index contributed by atoms with van der Waals surface area (Å²) in [5.41, 5.74) is 3.30. The number of hydrogen-bond donors (Lipinski definition) is 1. The molecule has 2 heterocycles. The Labute approximate surface area is 184 Å². The molecule has 0 aliphatic carbocycles. The summed E-state index contributed by atoms with van der Waals surface area (Å²) in [7, 11) is 0. The maximum atomic E-state index is 5.88. The molecule has 6 nitrogen and oxygen atoms in total. The van der Waals surface area contributed by atoms with Crippen molar-refractivity contribution in [1.82, 2.24) is 14.9 Å². The van der Waals surface area contributed by atoms with E-state index in [0.717, 1.165) is 75.3 Å². The molecule has 0 saturated carbocycles. The summed E-state index contributed by atoms with van der Waals surface area (Å²) >= 11 is 0. The molecule has 0 bridgehead atoms. The lowest BCUT2D eigenvalue weighted by Crippen LogP contribution is -2.37. The highest BCUT2D eigenvalue weighted by Gasteiger charge is 2.09. The number of nitrogens with one attached hydrogen (secondary N) is 1. The third-order valence-electron chi connectivity index (χ3n) is 5.29. The molecule has 162 valence electrons. The molecular formula is C25H30N4O2. The third kappa shape index (κ3) is 7.05. The molecule has 1 aromatic heterocycles. The van der Waals surface area contributed by atoms with Gasteiger partial charge in [0.25, 0.3) is 0 Å². The van der Waals surface area contributed by atoms with Crippen LogP contribution in [-0.4, -0.2) is 54.3 Å². The Morgan fingerprint density at radius 3 is 2.58 bits per heavy atom. The number of nitrogens with zero attached hydrogens (tertiary/aromatic N) is 3. The smallest absolute Gasteiger partial charge is 0.147 e. The summed E-state index contributed by atoms with van der Waals surface area (Å²) in [6, 6.07) is 20.4. The highest BCUT2D eigenvalue weighted by Crippen LogP contribution is 2.16. The molecule has 1 aliphatic rings. The van der Waals surface area contributed by atoms with Crippen molar-refractivity contribution < 1.29 is 9.47 Å². The Bertz CT molecular complexity index is 912. The van der Waals surface area contributed by atoms with Gasteiger partial charge >= 0.3 is 0 Å². The van der Waals surface area contributed by atoms with Crippen LogP contribution in [0.15, 0.2) is 66.9 Å². The number of hydrogen-bond acceptors (Lipinski definition) is 6. The first-order valence-corrected chi connectivity index (χ1v) is 11.0. The molecule has 0 unspecified atom stereocenters. The molecule has 2 aromatic carbocycles. The number of anilines is 1. The van der Waals surface area contributed by atoms with Gasteiger partial charge in [-0.1, -0.05) is 30.3 Å². The average Bonchev–Trinajstić information content (AvgIpc) is 2.83. The van der Waals surface area contributed by atoms with E-state index in [-0.39, 0.29) is 0 Å². The van der Waals surface area contributed by atoms with Gasteiger partial charge < -0.3 is 14.8 Å². The van der Waals surface area contributed by atoms with E-state index in [1.165, 1.54) is 5.56 Å². The first-order chi connectivity index (χ1) is 15.3.